The first-order chi connectivity index (χ1) is 13.1. The minimum absolute atomic E-state index is 0.189. The SMILES string of the molecule is COCC[NH+](CC(=O)Nc1ccc(F)cc1)Cc1nnc(-c2cccs2)o1. The van der Waals surface area contributed by atoms with Crippen LogP contribution in [0.4, 0.5) is 10.1 Å². The molecule has 27 heavy (non-hydrogen) atoms. The molecule has 142 valence electrons. The number of benzene rings is 1. The molecule has 2 heterocycles. The number of rotatable bonds is 9. The quantitative estimate of drug-likeness (QED) is 0.579. The Hall–Kier alpha value is -2.62. The fraction of sp³-hybridized carbons (Fsp3) is 0.278. The van der Waals surface area contributed by atoms with Crippen LogP contribution in [0.5, 0.6) is 0 Å². The van der Waals surface area contributed by atoms with Gasteiger partial charge in [0.2, 0.25) is 0 Å². The Labute approximate surface area is 159 Å². The molecule has 1 unspecified atom stereocenters. The fourth-order valence-corrected chi connectivity index (χ4v) is 3.13. The zero-order valence-electron chi connectivity index (χ0n) is 14.8. The first-order valence-electron chi connectivity index (χ1n) is 8.38. The summed E-state index contributed by atoms with van der Waals surface area (Å²) >= 11 is 1.52. The second kappa shape index (κ2) is 9.36. The minimum Gasteiger partial charge on any atom is -0.414 e. The summed E-state index contributed by atoms with van der Waals surface area (Å²) in [5.41, 5.74) is 0.547. The third kappa shape index (κ3) is 5.68. The summed E-state index contributed by atoms with van der Waals surface area (Å²) in [7, 11) is 1.61. The number of nitrogens with one attached hydrogen (secondary N) is 2. The van der Waals surface area contributed by atoms with Gasteiger partial charge >= 0.3 is 0 Å². The fourth-order valence-electron chi connectivity index (χ4n) is 2.49. The summed E-state index contributed by atoms with van der Waals surface area (Å²) in [6, 6.07) is 9.47. The number of carbonyl (C=O) groups is 1. The van der Waals surface area contributed by atoms with Crippen LogP contribution in [0.25, 0.3) is 10.8 Å². The molecule has 7 nitrogen and oxygen atoms in total. The summed E-state index contributed by atoms with van der Waals surface area (Å²) in [5.74, 6) is 0.393. The van der Waals surface area contributed by atoms with E-state index in [0.717, 1.165) is 9.78 Å². The van der Waals surface area contributed by atoms with E-state index in [1.54, 1.807) is 7.11 Å². The van der Waals surface area contributed by atoms with Crippen LogP contribution in [-0.2, 0) is 16.1 Å². The number of aromatic nitrogens is 2. The normalized spacial score (nSPS) is 12.1. The van der Waals surface area contributed by atoms with Crippen molar-refractivity contribution in [3.05, 3.63) is 53.5 Å². The molecule has 0 fully saturated rings. The zero-order chi connectivity index (χ0) is 19.1. The summed E-state index contributed by atoms with van der Waals surface area (Å²) in [5, 5.41) is 12.8. The largest absolute Gasteiger partial charge is 0.414 e. The smallest absolute Gasteiger partial charge is 0.279 e. The van der Waals surface area contributed by atoms with Gasteiger partial charge in [-0.25, -0.2) is 4.39 Å². The van der Waals surface area contributed by atoms with Crippen molar-refractivity contribution in [1.29, 1.82) is 0 Å². The van der Waals surface area contributed by atoms with E-state index >= 15 is 0 Å². The highest BCUT2D eigenvalue weighted by molar-refractivity contribution is 7.13. The van der Waals surface area contributed by atoms with Crippen molar-refractivity contribution in [3.63, 3.8) is 0 Å². The van der Waals surface area contributed by atoms with E-state index in [4.69, 9.17) is 9.15 Å². The highest BCUT2D eigenvalue weighted by Gasteiger charge is 2.19. The maximum absolute atomic E-state index is 13.0. The van der Waals surface area contributed by atoms with E-state index in [1.807, 2.05) is 17.5 Å². The first-order valence-corrected chi connectivity index (χ1v) is 9.26. The molecule has 1 atom stereocenters. The van der Waals surface area contributed by atoms with Crippen molar-refractivity contribution in [2.45, 2.75) is 6.54 Å². The number of thiophene rings is 1. The van der Waals surface area contributed by atoms with Gasteiger partial charge in [-0.2, -0.15) is 0 Å². The van der Waals surface area contributed by atoms with Crippen LogP contribution in [0.2, 0.25) is 0 Å². The maximum Gasteiger partial charge on any atom is 0.279 e. The van der Waals surface area contributed by atoms with Crippen LogP contribution in [-0.4, -0.2) is 42.9 Å². The van der Waals surface area contributed by atoms with E-state index in [9.17, 15) is 9.18 Å². The van der Waals surface area contributed by atoms with Crippen molar-refractivity contribution in [1.82, 2.24) is 10.2 Å². The van der Waals surface area contributed by atoms with Gasteiger partial charge in [0.25, 0.3) is 17.7 Å². The summed E-state index contributed by atoms with van der Waals surface area (Å²) in [6.45, 7) is 1.69. The highest BCUT2D eigenvalue weighted by Crippen LogP contribution is 2.22. The van der Waals surface area contributed by atoms with Gasteiger partial charge in [-0.3, -0.25) is 4.79 Å². The monoisotopic (exact) mass is 391 g/mol. The standard InChI is InChI=1S/C18H19FN4O3S/c1-25-9-8-23(11-16(24)20-14-6-4-13(19)5-7-14)12-17-21-22-18(26-17)15-3-2-10-27-15/h2-7,10H,8-9,11-12H2,1H3,(H,20,24)/p+1. The highest BCUT2D eigenvalue weighted by atomic mass is 32.1. The van der Waals surface area contributed by atoms with Gasteiger partial charge in [-0.15, -0.1) is 21.5 Å². The number of amides is 1. The average Bonchev–Trinajstić information content (AvgIpc) is 3.33. The summed E-state index contributed by atoms with van der Waals surface area (Å²) in [6.07, 6.45) is 0. The van der Waals surface area contributed by atoms with E-state index < -0.39 is 0 Å². The minimum atomic E-state index is -0.349. The molecule has 0 aliphatic heterocycles. The molecule has 0 spiro atoms. The summed E-state index contributed by atoms with van der Waals surface area (Å²) in [4.78, 5) is 14.1. The number of nitrogens with zero attached hydrogens (tertiary/aromatic N) is 2. The zero-order valence-corrected chi connectivity index (χ0v) is 15.6. The van der Waals surface area contributed by atoms with Crippen LogP contribution in [0.3, 0.4) is 0 Å². The van der Waals surface area contributed by atoms with E-state index in [0.29, 0.717) is 37.2 Å². The van der Waals surface area contributed by atoms with Crippen LogP contribution in [0, 0.1) is 5.82 Å². The number of carbonyl (C=O) groups excluding carboxylic acids is 1. The summed E-state index contributed by atoms with van der Waals surface area (Å²) < 4.78 is 23.8. The van der Waals surface area contributed by atoms with Crippen molar-refractivity contribution in [3.8, 4) is 10.8 Å². The van der Waals surface area contributed by atoms with Gasteiger partial charge in [0.15, 0.2) is 13.1 Å². The van der Waals surface area contributed by atoms with Gasteiger partial charge < -0.3 is 19.4 Å². The van der Waals surface area contributed by atoms with Gasteiger partial charge in [0.1, 0.15) is 12.4 Å². The lowest BCUT2D eigenvalue weighted by molar-refractivity contribution is -0.907. The topological polar surface area (TPSA) is 81.7 Å². The predicted octanol–water partition coefficient (Wildman–Crippen LogP) is 1.61. The molecule has 0 aliphatic rings. The number of methoxy groups -OCH3 is 1. The molecule has 0 radical (unpaired) electrons. The Morgan fingerprint density at radius 1 is 1.30 bits per heavy atom. The number of ether oxygens (including phenoxy) is 1. The van der Waals surface area contributed by atoms with E-state index in [-0.39, 0.29) is 18.3 Å². The Morgan fingerprint density at radius 2 is 2.11 bits per heavy atom. The molecular weight excluding hydrogens is 371 g/mol. The van der Waals surface area contributed by atoms with E-state index in [2.05, 4.69) is 15.5 Å². The van der Waals surface area contributed by atoms with Gasteiger partial charge in [0.05, 0.1) is 11.5 Å². The number of anilines is 1. The van der Waals surface area contributed by atoms with Gasteiger partial charge in [0, 0.05) is 12.8 Å². The maximum atomic E-state index is 13.0. The molecule has 0 saturated carbocycles. The Kier molecular flexibility index (Phi) is 6.64. The number of hydrogen-bond acceptors (Lipinski definition) is 6. The van der Waals surface area contributed by atoms with Crippen molar-refractivity contribution >= 4 is 22.9 Å². The van der Waals surface area contributed by atoms with E-state index in [1.165, 1.54) is 35.6 Å². The lowest BCUT2D eigenvalue weighted by Gasteiger charge is -2.17. The second-order valence-corrected chi connectivity index (χ2v) is 6.83. The predicted molar refractivity (Wildman–Crippen MR) is 98.9 cm³/mol. The lowest BCUT2D eigenvalue weighted by Crippen LogP contribution is -3.12. The molecule has 0 saturated heterocycles. The molecule has 1 aromatic carbocycles. The second-order valence-electron chi connectivity index (χ2n) is 5.88. The van der Waals surface area contributed by atoms with Crippen molar-refractivity contribution < 1.29 is 23.2 Å². The molecule has 0 bridgehead atoms. The lowest BCUT2D eigenvalue weighted by atomic mass is 10.3. The first kappa shape index (κ1) is 19.2. The molecular formula is C18H20FN4O3S+. The number of halogens is 1. The van der Waals surface area contributed by atoms with Crippen LogP contribution in [0.15, 0.2) is 46.2 Å². The third-order valence-electron chi connectivity index (χ3n) is 3.80. The van der Waals surface area contributed by atoms with Crippen LogP contribution < -0.4 is 10.2 Å². The Bertz CT molecular complexity index is 852. The molecule has 1 amide bonds. The van der Waals surface area contributed by atoms with Crippen molar-refractivity contribution in [2.75, 3.05) is 32.1 Å². The Balaban J connectivity index is 1.61. The molecule has 9 heteroatoms. The number of hydrogen-bond donors (Lipinski definition) is 2. The van der Waals surface area contributed by atoms with Crippen LogP contribution in [0.1, 0.15) is 5.89 Å². The Morgan fingerprint density at radius 3 is 2.81 bits per heavy atom. The van der Waals surface area contributed by atoms with Crippen molar-refractivity contribution in [2.24, 2.45) is 0 Å². The molecule has 2 N–H and O–H groups in total. The molecule has 2 aromatic heterocycles. The third-order valence-corrected chi connectivity index (χ3v) is 4.66. The molecule has 3 aromatic rings. The number of quaternary nitrogens is 1. The van der Waals surface area contributed by atoms with Gasteiger partial charge in [-0.1, -0.05) is 6.07 Å². The molecule has 3 rings (SSSR count). The van der Waals surface area contributed by atoms with Crippen LogP contribution >= 0.6 is 11.3 Å². The van der Waals surface area contributed by atoms with Gasteiger partial charge in [-0.05, 0) is 35.7 Å². The molecule has 0 aliphatic carbocycles. The average molecular weight is 391 g/mol.